The molecule has 3 heterocycles. The first-order chi connectivity index (χ1) is 29.2. The average Bonchev–Trinajstić information content (AvgIpc) is 4.06. The molecule has 0 aliphatic rings. The summed E-state index contributed by atoms with van der Waals surface area (Å²) in [6.07, 6.45) is 3.74. The smallest absolute Gasteiger partial charge is 0.269 e. The number of rotatable bonds is 17. The van der Waals surface area contributed by atoms with Gasteiger partial charge in [0, 0.05) is 54.4 Å². The maximum atomic E-state index is 12.2. The lowest BCUT2D eigenvalue weighted by Crippen LogP contribution is -2.42. The molecule has 0 bridgehead atoms. The van der Waals surface area contributed by atoms with Crippen LogP contribution in [0.3, 0.4) is 0 Å². The number of aromatic amines is 3. The molecule has 7 rings (SSSR count). The maximum Gasteiger partial charge on any atom is 0.269 e. The monoisotopic (exact) mass is 808 g/mol. The number of H-pyrrole nitrogens is 3. The molecule has 15 heteroatoms. The van der Waals surface area contributed by atoms with Crippen LogP contribution in [0.1, 0.15) is 44.9 Å². The third-order valence-corrected chi connectivity index (χ3v) is 9.41. The highest BCUT2D eigenvalue weighted by atomic mass is 16.3. The Labute approximate surface area is 346 Å². The fourth-order valence-corrected chi connectivity index (χ4v) is 6.27. The normalized spacial score (nSPS) is 11.2. The van der Waals surface area contributed by atoms with Crippen LogP contribution < -0.4 is 27.0 Å². The number of carbonyl (C=O) groups excluding carboxylic acids is 4. The second-order valence-corrected chi connectivity index (χ2v) is 13.9. The minimum Gasteiger partial charge on any atom is -0.508 e. The van der Waals surface area contributed by atoms with Crippen LogP contribution in [-0.4, -0.2) is 86.3 Å². The van der Waals surface area contributed by atoms with Gasteiger partial charge in [-0.2, -0.15) is 10.2 Å². The van der Waals surface area contributed by atoms with E-state index in [1.54, 1.807) is 36.4 Å². The van der Waals surface area contributed by atoms with E-state index in [-0.39, 0.29) is 29.4 Å². The second kappa shape index (κ2) is 21.3. The molecule has 4 aromatic carbocycles. The number of aromatic nitrogens is 5. The summed E-state index contributed by atoms with van der Waals surface area (Å²) in [5.74, 6) is -0.631. The van der Waals surface area contributed by atoms with Crippen LogP contribution in [0.2, 0.25) is 0 Å². The van der Waals surface area contributed by atoms with Gasteiger partial charge >= 0.3 is 0 Å². The molecular formula is C45H48N10O5. The summed E-state index contributed by atoms with van der Waals surface area (Å²) in [5, 5.41) is 35.7. The van der Waals surface area contributed by atoms with Gasteiger partial charge in [-0.25, -0.2) is 0 Å². The van der Waals surface area contributed by atoms with Crippen LogP contribution in [0.25, 0.3) is 33.4 Å². The lowest BCUT2D eigenvalue weighted by molar-refractivity contribution is -0.122. The number of nitrogens with two attached hydrogens (primary N) is 1. The summed E-state index contributed by atoms with van der Waals surface area (Å²) in [5.41, 5.74) is 12.8. The second-order valence-electron chi connectivity index (χ2n) is 13.9. The van der Waals surface area contributed by atoms with E-state index >= 15 is 0 Å². The van der Waals surface area contributed by atoms with E-state index in [1.165, 1.54) is 0 Å². The minimum absolute atomic E-state index is 0.0350. The van der Waals surface area contributed by atoms with Gasteiger partial charge in [0.1, 0.15) is 17.1 Å². The fraction of sp³-hybridized carbons (Fsp3) is 0.200. The lowest BCUT2D eigenvalue weighted by Gasteiger charge is -2.12. The van der Waals surface area contributed by atoms with Crippen molar-refractivity contribution in [3.05, 3.63) is 150 Å². The number of nitrogens with zero attached hydrogens (tertiary/aromatic N) is 2. The van der Waals surface area contributed by atoms with E-state index in [2.05, 4.69) is 46.6 Å². The zero-order chi connectivity index (χ0) is 42.1. The Morgan fingerprint density at radius 2 is 1.18 bits per heavy atom. The number of hydrogen-bond donors (Lipinski definition) is 9. The number of para-hydroxylation sites is 1. The van der Waals surface area contributed by atoms with E-state index in [9.17, 15) is 24.3 Å². The molecule has 308 valence electrons. The predicted octanol–water partition coefficient (Wildman–Crippen LogP) is 4.63. The summed E-state index contributed by atoms with van der Waals surface area (Å²) >= 11 is 0. The number of hydrogen-bond acceptors (Lipinski definition) is 8. The van der Waals surface area contributed by atoms with Crippen molar-refractivity contribution < 1.29 is 24.3 Å². The molecule has 10 N–H and O–H groups in total. The summed E-state index contributed by atoms with van der Waals surface area (Å²) < 4.78 is 0. The number of aromatic hydroxyl groups is 1. The molecular weight excluding hydrogens is 761 g/mol. The van der Waals surface area contributed by atoms with Gasteiger partial charge in [0.2, 0.25) is 11.8 Å². The Morgan fingerprint density at radius 1 is 0.633 bits per heavy atom. The SMILES string of the molecule is N[C@@H](Cc1cccc(O)c1)C(=O)NCCCNC(=O)c1cc(-c2ccccc2)n[nH]1.O=C(Cc1c[nH]c2ccccc12)NCCCNC(=O)c1cc(-c2ccccc2)n[nH]1. The molecule has 1 atom stereocenters. The van der Waals surface area contributed by atoms with Crippen molar-refractivity contribution in [3.63, 3.8) is 0 Å². The van der Waals surface area contributed by atoms with E-state index in [1.807, 2.05) is 91.1 Å². The van der Waals surface area contributed by atoms with Crippen molar-refractivity contribution in [2.45, 2.75) is 31.7 Å². The van der Waals surface area contributed by atoms with Gasteiger partial charge in [-0.15, -0.1) is 0 Å². The first-order valence-corrected chi connectivity index (χ1v) is 19.6. The van der Waals surface area contributed by atoms with E-state index < -0.39 is 6.04 Å². The minimum atomic E-state index is -0.706. The maximum absolute atomic E-state index is 12.2. The van der Waals surface area contributed by atoms with Crippen molar-refractivity contribution in [3.8, 4) is 28.3 Å². The van der Waals surface area contributed by atoms with Crippen LogP contribution in [0.15, 0.2) is 128 Å². The number of amides is 4. The van der Waals surface area contributed by atoms with Crippen molar-refractivity contribution in [1.82, 2.24) is 46.6 Å². The van der Waals surface area contributed by atoms with Crippen LogP contribution >= 0.6 is 0 Å². The van der Waals surface area contributed by atoms with Crippen LogP contribution in [0, 0.1) is 0 Å². The summed E-state index contributed by atoms with van der Waals surface area (Å²) in [6.45, 7) is 1.76. The van der Waals surface area contributed by atoms with Crippen LogP contribution in [0.4, 0.5) is 0 Å². The highest BCUT2D eigenvalue weighted by molar-refractivity contribution is 5.94. The third kappa shape index (κ3) is 12.2. The Morgan fingerprint density at radius 3 is 1.78 bits per heavy atom. The van der Waals surface area contributed by atoms with Gasteiger partial charge < -0.3 is 37.1 Å². The van der Waals surface area contributed by atoms with Gasteiger partial charge in [-0.3, -0.25) is 29.4 Å². The molecule has 3 aromatic heterocycles. The van der Waals surface area contributed by atoms with Crippen molar-refractivity contribution in [1.29, 1.82) is 0 Å². The predicted molar refractivity (Wildman–Crippen MR) is 230 cm³/mol. The number of phenolic OH excluding ortho intramolecular Hbond substituents is 1. The number of carbonyl (C=O) groups is 4. The lowest BCUT2D eigenvalue weighted by atomic mass is 10.1. The zero-order valence-electron chi connectivity index (χ0n) is 32.9. The summed E-state index contributed by atoms with van der Waals surface area (Å²) in [7, 11) is 0. The number of nitrogens with one attached hydrogen (secondary N) is 7. The quantitative estimate of drug-likeness (QED) is 0.0587. The first-order valence-electron chi connectivity index (χ1n) is 19.6. The molecule has 0 unspecified atom stereocenters. The topological polar surface area (TPSA) is 236 Å². The zero-order valence-corrected chi connectivity index (χ0v) is 32.9. The van der Waals surface area contributed by atoms with E-state index in [0.717, 1.165) is 38.9 Å². The van der Waals surface area contributed by atoms with Gasteiger partial charge in [0.15, 0.2) is 0 Å². The summed E-state index contributed by atoms with van der Waals surface area (Å²) in [6, 6.07) is 36.6. The van der Waals surface area contributed by atoms with Gasteiger partial charge in [-0.1, -0.05) is 91.0 Å². The molecule has 0 saturated heterocycles. The molecule has 0 spiro atoms. The molecule has 0 aliphatic heterocycles. The fourth-order valence-electron chi connectivity index (χ4n) is 6.27. The average molecular weight is 809 g/mol. The molecule has 0 aliphatic carbocycles. The molecule has 0 saturated carbocycles. The molecule has 15 nitrogen and oxygen atoms in total. The van der Waals surface area contributed by atoms with Crippen molar-refractivity contribution in [2.75, 3.05) is 26.2 Å². The van der Waals surface area contributed by atoms with Crippen molar-refractivity contribution in [2.24, 2.45) is 5.73 Å². The summed E-state index contributed by atoms with van der Waals surface area (Å²) in [4.78, 5) is 51.9. The third-order valence-electron chi connectivity index (χ3n) is 9.41. The number of phenols is 1. The highest BCUT2D eigenvalue weighted by Gasteiger charge is 2.15. The molecule has 0 radical (unpaired) electrons. The van der Waals surface area contributed by atoms with Crippen LogP contribution in [-0.2, 0) is 22.4 Å². The first kappa shape index (κ1) is 42.1. The Bertz CT molecular complexity index is 2480. The standard InChI is InChI=1S/C23H23N5O2.C22H25N5O3/c29-22(13-17-15-26-19-10-5-4-9-18(17)19)24-11-6-12-25-23(30)21-14-20(27-28-21)16-7-2-1-3-8-16;23-18(13-15-6-4-9-17(28)12-15)21(29)24-10-5-11-25-22(30)20-14-19(26-27-20)16-7-2-1-3-8-16/h1-5,7-10,14-15,26H,6,11-13H2,(H,24,29)(H,25,30)(H,27,28);1-4,6-9,12,14,18,28H,5,10-11,13,23H2,(H,24,29)(H,25,30)(H,26,27)/t;18-/m.0/s1. The Hall–Kier alpha value is -7.52. The molecule has 7 aromatic rings. The van der Waals surface area contributed by atoms with Gasteiger partial charge in [0.25, 0.3) is 11.8 Å². The van der Waals surface area contributed by atoms with Gasteiger partial charge in [0.05, 0.1) is 23.9 Å². The van der Waals surface area contributed by atoms with Gasteiger partial charge in [-0.05, 0) is 60.7 Å². The van der Waals surface area contributed by atoms with Crippen LogP contribution in [0.5, 0.6) is 5.75 Å². The van der Waals surface area contributed by atoms with E-state index in [4.69, 9.17) is 5.73 Å². The van der Waals surface area contributed by atoms with Crippen molar-refractivity contribution >= 4 is 34.5 Å². The molecule has 0 fully saturated rings. The largest absolute Gasteiger partial charge is 0.508 e. The molecule has 60 heavy (non-hydrogen) atoms. The molecule has 4 amide bonds. The Balaban J connectivity index is 0.000000201. The Kier molecular flexibility index (Phi) is 14.9. The number of fused-ring (bicyclic) bond motifs is 1. The number of benzene rings is 4. The van der Waals surface area contributed by atoms with E-state index in [0.29, 0.717) is 68.9 Å². The highest BCUT2D eigenvalue weighted by Crippen LogP contribution is 2.19.